The third-order valence-electron chi connectivity index (χ3n) is 4.84. The standard InChI is InChI=1S/C19H20N2O6S/c1-25-15-3-5-16(6-4-15)28(23,24)21-10-8-20(9-11-21)19(22)14-2-7-17-18(12-14)27-13-26-17/h2-7,12H,8-11,13H2,1H3. The first-order valence-corrected chi connectivity index (χ1v) is 10.3. The van der Waals surface area contributed by atoms with Gasteiger partial charge >= 0.3 is 0 Å². The van der Waals surface area contributed by atoms with E-state index in [0.29, 0.717) is 35.9 Å². The van der Waals surface area contributed by atoms with Crippen LogP contribution in [0.4, 0.5) is 0 Å². The summed E-state index contributed by atoms with van der Waals surface area (Å²) in [5, 5.41) is 0. The summed E-state index contributed by atoms with van der Waals surface area (Å²) in [6.07, 6.45) is 0. The second-order valence-electron chi connectivity index (χ2n) is 6.44. The fraction of sp³-hybridized carbons (Fsp3) is 0.316. The monoisotopic (exact) mass is 404 g/mol. The van der Waals surface area contributed by atoms with Gasteiger partial charge in [-0.1, -0.05) is 0 Å². The summed E-state index contributed by atoms with van der Waals surface area (Å²) in [7, 11) is -2.08. The van der Waals surface area contributed by atoms with Gasteiger partial charge in [0.25, 0.3) is 5.91 Å². The van der Waals surface area contributed by atoms with Gasteiger partial charge in [-0.2, -0.15) is 4.31 Å². The average Bonchev–Trinajstić information content (AvgIpc) is 3.21. The lowest BCUT2D eigenvalue weighted by molar-refractivity contribution is 0.0697. The Labute approximate surface area is 163 Å². The molecular formula is C19H20N2O6S. The van der Waals surface area contributed by atoms with Crippen LogP contribution >= 0.6 is 0 Å². The zero-order chi connectivity index (χ0) is 19.7. The normalized spacial score (nSPS) is 16.8. The molecule has 4 rings (SSSR count). The van der Waals surface area contributed by atoms with Crippen molar-refractivity contribution in [3.05, 3.63) is 48.0 Å². The number of benzene rings is 2. The molecule has 0 aliphatic carbocycles. The molecule has 0 spiro atoms. The van der Waals surface area contributed by atoms with Gasteiger partial charge in [0.2, 0.25) is 16.8 Å². The smallest absolute Gasteiger partial charge is 0.254 e. The molecule has 0 saturated carbocycles. The number of rotatable bonds is 4. The van der Waals surface area contributed by atoms with Crippen LogP contribution in [0.5, 0.6) is 17.2 Å². The van der Waals surface area contributed by atoms with Crippen LogP contribution < -0.4 is 14.2 Å². The van der Waals surface area contributed by atoms with Gasteiger partial charge in [0.05, 0.1) is 12.0 Å². The number of hydrogen-bond acceptors (Lipinski definition) is 6. The summed E-state index contributed by atoms with van der Waals surface area (Å²) in [6, 6.07) is 11.3. The second-order valence-corrected chi connectivity index (χ2v) is 8.38. The number of ether oxygens (including phenoxy) is 3. The van der Waals surface area contributed by atoms with Crippen LogP contribution in [0.3, 0.4) is 0 Å². The van der Waals surface area contributed by atoms with Gasteiger partial charge in [-0.25, -0.2) is 8.42 Å². The number of methoxy groups -OCH3 is 1. The second kappa shape index (κ2) is 7.33. The minimum Gasteiger partial charge on any atom is -0.497 e. The van der Waals surface area contributed by atoms with E-state index in [-0.39, 0.29) is 30.7 Å². The van der Waals surface area contributed by atoms with Gasteiger partial charge in [0.15, 0.2) is 11.5 Å². The molecule has 0 atom stereocenters. The Morgan fingerprint density at radius 3 is 2.32 bits per heavy atom. The molecule has 0 unspecified atom stereocenters. The van der Waals surface area contributed by atoms with Gasteiger partial charge in [-0.05, 0) is 42.5 Å². The van der Waals surface area contributed by atoms with E-state index in [4.69, 9.17) is 14.2 Å². The SMILES string of the molecule is COc1ccc(S(=O)(=O)N2CCN(C(=O)c3ccc4c(c3)OCO4)CC2)cc1. The van der Waals surface area contributed by atoms with Crippen LogP contribution in [0.2, 0.25) is 0 Å². The quantitative estimate of drug-likeness (QED) is 0.769. The maximum Gasteiger partial charge on any atom is 0.254 e. The highest BCUT2D eigenvalue weighted by atomic mass is 32.2. The third kappa shape index (κ3) is 3.38. The summed E-state index contributed by atoms with van der Waals surface area (Å²) in [4.78, 5) is 14.6. The van der Waals surface area contributed by atoms with E-state index < -0.39 is 10.0 Å². The van der Waals surface area contributed by atoms with Gasteiger partial charge < -0.3 is 19.1 Å². The molecule has 9 heteroatoms. The van der Waals surface area contributed by atoms with Crippen LogP contribution in [0.1, 0.15) is 10.4 Å². The van der Waals surface area contributed by atoms with E-state index in [1.54, 1.807) is 35.2 Å². The van der Waals surface area contributed by atoms with Crippen molar-refractivity contribution in [2.45, 2.75) is 4.90 Å². The van der Waals surface area contributed by atoms with Crippen molar-refractivity contribution in [1.82, 2.24) is 9.21 Å². The largest absolute Gasteiger partial charge is 0.497 e. The van der Waals surface area contributed by atoms with E-state index in [0.717, 1.165) is 0 Å². The molecule has 28 heavy (non-hydrogen) atoms. The summed E-state index contributed by atoms with van der Waals surface area (Å²) < 4.78 is 42.7. The first-order chi connectivity index (χ1) is 13.5. The van der Waals surface area contributed by atoms with Crippen LogP contribution in [-0.4, -0.2) is 63.6 Å². The lowest BCUT2D eigenvalue weighted by atomic mass is 10.1. The molecule has 1 amide bonds. The molecule has 2 heterocycles. The minimum atomic E-state index is -3.61. The average molecular weight is 404 g/mol. The van der Waals surface area contributed by atoms with Crippen molar-refractivity contribution in [1.29, 1.82) is 0 Å². The highest BCUT2D eigenvalue weighted by Crippen LogP contribution is 2.33. The summed E-state index contributed by atoms with van der Waals surface area (Å²) in [5.41, 5.74) is 0.496. The van der Waals surface area contributed by atoms with Crippen LogP contribution in [0, 0.1) is 0 Å². The number of nitrogens with zero attached hydrogens (tertiary/aromatic N) is 2. The zero-order valence-electron chi connectivity index (χ0n) is 15.3. The fourth-order valence-electron chi connectivity index (χ4n) is 3.24. The van der Waals surface area contributed by atoms with Gasteiger partial charge in [0, 0.05) is 31.7 Å². The number of piperazine rings is 1. The molecule has 2 aliphatic heterocycles. The van der Waals surface area contributed by atoms with E-state index in [1.165, 1.54) is 23.5 Å². The molecule has 2 aliphatic rings. The molecule has 2 aromatic carbocycles. The molecule has 0 aromatic heterocycles. The molecule has 148 valence electrons. The van der Waals surface area contributed by atoms with Gasteiger partial charge in [0.1, 0.15) is 5.75 Å². The fourth-order valence-corrected chi connectivity index (χ4v) is 4.66. The van der Waals surface area contributed by atoms with Crippen molar-refractivity contribution < 1.29 is 27.4 Å². The first-order valence-electron chi connectivity index (χ1n) is 8.82. The molecule has 8 nitrogen and oxygen atoms in total. The molecular weight excluding hydrogens is 384 g/mol. The van der Waals surface area contributed by atoms with Crippen molar-refractivity contribution in [2.75, 3.05) is 40.1 Å². The minimum absolute atomic E-state index is 0.148. The van der Waals surface area contributed by atoms with Crippen LogP contribution in [0.25, 0.3) is 0 Å². The number of amides is 1. The van der Waals surface area contributed by atoms with Crippen molar-refractivity contribution in [2.24, 2.45) is 0 Å². The number of fused-ring (bicyclic) bond motifs is 1. The molecule has 0 N–H and O–H groups in total. The Balaban J connectivity index is 1.43. The van der Waals surface area contributed by atoms with Crippen LogP contribution in [0.15, 0.2) is 47.4 Å². The molecule has 1 fully saturated rings. The van der Waals surface area contributed by atoms with E-state index in [9.17, 15) is 13.2 Å². The highest BCUT2D eigenvalue weighted by Gasteiger charge is 2.31. The Bertz CT molecular complexity index is 982. The predicted octanol–water partition coefficient (Wildman–Crippen LogP) is 1.57. The topological polar surface area (TPSA) is 85.4 Å². The number of carbonyl (C=O) groups is 1. The van der Waals surface area contributed by atoms with Crippen LogP contribution in [-0.2, 0) is 10.0 Å². The Hall–Kier alpha value is -2.78. The number of carbonyl (C=O) groups excluding carboxylic acids is 1. The predicted molar refractivity (Wildman–Crippen MR) is 100 cm³/mol. The van der Waals surface area contributed by atoms with Crippen molar-refractivity contribution >= 4 is 15.9 Å². The maximum absolute atomic E-state index is 12.8. The first kappa shape index (κ1) is 18.6. The lowest BCUT2D eigenvalue weighted by Crippen LogP contribution is -2.50. The van der Waals surface area contributed by atoms with Gasteiger partial charge in [-0.3, -0.25) is 4.79 Å². The molecule has 1 saturated heterocycles. The summed E-state index contributed by atoms with van der Waals surface area (Å²) in [6.45, 7) is 1.27. The lowest BCUT2D eigenvalue weighted by Gasteiger charge is -2.34. The molecule has 0 radical (unpaired) electrons. The summed E-state index contributed by atoms with van der Waals surface area (Å²) >= 11 is 0. The van der Waals surface area contributed by atoms with Gasteiger partial charge in [-0.15, -0.1) is 0 Å². The number of hydrogen-bond donors (Lipinski definition) is 0. The van der Waals surface area contributed by atoms with Crippen molar-refractivity contribution in [3.8, 4) is 17.2 Å². The van der Waals surface area contributed by atoms with E-state index in [1.807, 2.05) is 0 Å². The Morgan fingerprint density at radius 2 is 1.64 bits per heavy atom. The maximum atomic E-state index is 12.8. The third-order valence-corrected chi connectivity index (χ3v) is 6.76. The Kier molecular flexibility index (Phi) is 4.86. The number of sulfonamides is 1. The van der Waals surface area contributed by atoms with E-state index >= 15 is 0 Å². The van der Waals surface area contributed by atoms with E-state index in [2.05, 4.69) is 0 Å². The zero-order valence-corrected chi connectivity index (χ0v) is 16.1. The molecule has 0 bridgehead atoms. The van der Waals surface area contributed by atoms with Crippen molar-refractivity contribution in [3.63, 3.8) is 0 Å². The summed E-state index contributed by atoms with van der Waals surface area (Å²) in [5.74, 6) is 1.61. The molecule has 2 aromatic rings. The highest BCUT2D eigenvalue weighted by molar-refractivity contribution is 7.89. The Morgan fingerprint density at radius 1 is 0.964 bits per heavy atom.